The predicted octanol–water partition coefficient (Wildman–Crippen LogP) is 3.80. The molecule has 2 aromatic rings. The molecule has 0 atom stereocenters. The molecular formula is C17H19BrN2O4. The zero-order valence-corrected chi connectivity index (χ0v) is 15.3. The topological polar surface area (TPSA) is 68.8 Å². The van der Waals surface area contributed by atoms with Crippen molar-refractivity contribution in [3.8, 4) is 17.2 Å². The van der Waals surface area contributed by atoms with Crippen molar-refractivity contribution in [1.82, 2.24) is 5.32 Å². The number of rotatable bonds is 6. The molecule has 128 valence electrons. The number of hydrogen-bond acceptors (Lipinski definition) is 4. The summed E-state index contributed by atoms with van der Waals surface area (Å²) in [5, 5.41) is 5.56. The average molecular weight is 395 g/mol. The van der Waals surface area contributed by atoms with E-state index in [2.05, 4.69) is 26.6 Å². The zero-order valence-electron chi connectivity index (χ0n) is 13.7. The molecule has 0 saturated carbocycles. The Balaban J connectivity index is 2.04. The van der Waals surface area contributed by atoms with Crippen LogP contribution in [0.25, 0.3) is 0 Å². The maximum absolute atomic E-state index is 12.1. The predicted molar refractivity (Wildman–Crippen MR) is 96.1 cm³/mol. The number of ether oxygens (including phenoxy) is 3. The van der Waals surface area contributed by atoms with Crippen molar-refractivity contribution in [2.75, 3.05) is 26.6 Å². The third-order valence-corrected chi connectivity index (χ3v) is 4.01. The molecule has 0 radical (unpaired) electrons. The highest BCUT2D eigenvalue weighted by Gasteiger charge is 2.12. The summed E-state index contributed by atoms with van der Waals surface area (Å²) in [5.74, 6) is 1.83. The van der Waals surface area contributed by atoms with Crippen molar-refractivity contribution >= 4 is 27.6 Å². The summed E-state index contributed by atoms with van der Waals surface area (Å²) >= 11 is 3.40. The van der Waals surface area contributed by atoms with E-state index in [4.69, 9.17) is 14.2 Å². The first-order valence-corrected chi connectivity index (χ1v) is 7.96. The van der Waals surface area contributed by atoms with Crippen LogP contribution in [0.2, 0.25) is 0 Å². The monoisotopic (exact) mass is 394 g/mol. The van der Waals surface area contributed by atoms with Gasteiger partial charge in [-0.3, -0.25) is 0 Å². The molecule has 0 saturated heterocycles. The first kappa shape index (κ1) is 17.9. The molecule has 2 rings (SSSR count). The summed E-state index contributed by atoms with van der Waals surface area (Å²) in [5.41, 5.74) is 1.46. The summed E-state index contributed by atoms with van der Waals surface area (Å²) in [6, 6.07) is 10.6. The summed E-state index contributed by atoms with van der Waals surface area (Å²) in [6.45, 7) is 0.348. The van der Waals surface area contributed by atoms with Crippen molar-refractivity contribution in [3.63, 3.8) is 0 Å². The van der Waals surface area contributed by atoms with Crippen molar-refractivity contribution < 1.29 is 19.0 Å². The van der Waals surface area contributed by atoms with E-state index < -0.39 is 0 Å². The van der Waals surface area contributed by atoms with E-state index in [9.17, 15) is 4.79 Å². The minimum atomic E-state index is -0.339. The molecule has 0 aliphatic rings. The number of anilines is 1. The van der Waals surface area contributed by atoms with Crippen LogP contribution in [0.15, 0.2) is 40.9 Å². The molecule has 2 amide bonds. The number of benzene rings is 2. The Kier molecular flexibility index (Phi) is 6.31. The van der Waals surface area contributed by atoms with Crippen molar-refractivity contribution in [2.24, 2.45) is 0 Å². The molecule has 0 aromatic heterocycles. The second-order valence-electron chi connectivity index (χ2n) is 4.81. The van der Waals surface area contributed by atoms with E-state index in [0.29, 0.717) is 28.2 Å². The van der Waals surface area contributed by atoms with E-state index in [1.807, 2.05) is 24.3 Å². The molecule has 7 heteroatoms. The molecule has 6 nitrogen and oxygen atoms in total. The van der Waals surface area contributed by atoms with Crippen LogP contribution in [0.4, 0.5) is 10.5 Å². The lowest BCUT2D eigenvalue weighted by molar-refractivity contribution is 0.251. The average Bonchev–Trinajstić information content (AvgIpc) is 2.61. The Morgan fingerprint density at radius 2 is 1.62 bits per heavy atom. The first-order valence-electron chi connectivity index (χ1n) is 7.17. The fourth-order valence-corrected chi connectivity index (χ4v) is 2.56. The van der Waals surface area contributed by atoms with Crippen LogP contribution in [0.5, 0.6) is 17.2 Å². The van der Waals surface area contributed by atoms with Gasteiger partial charge in [-0.25, -0.2) is 4.79 Å². The third-order valence-electron chi connectivity index (χ3n) is 3.35. The Morgan fingerprint density at radius 1 is 1.00 bits per heavy atom. The number of hydrogen-bond donors (Lipinski definition) is 2. The van der Waals surface area contributed by atoms with Gasteiger partial charge in [-0.15, -0.1) is 0 Å². The lowest BCUT2D eigenvalue weighted by Gasteiger charge is -2.14. The molecule has 0 fully saturated rings. The zero-order chi connectivity index (χ0) is 17.5. The normalized spacial score (nSPS) is 10.0. The molecule has 0 heterocycles. The molecule has 2 N–H and O–H groups in total. The van der Waals surface area contributed by atoms with Crippen molar-refractivity contribution in [1.29, 1.82) is 0 Å². The van der Waals surface area contributed by atoms with E-state index in [1.54, 1.807) is 26.4 Å². The summed E-state index contributed by atoms with van der Waals surface area (Å²) in [6.07, 6.45) is 0. The molecular weight excluding hydrogens is 376 g/mol. The van der Waals surface area contributed by atoms with Gasteiger partial charge in [-0.1, -0.05) is 18.2 Å². The van der Waals surface area contributed by atoms with Crippen LogP contribution < -0.4 is 24.8 Å². The van der Waals surface area contributed by atoms with Gasteiger partial charge in [-0.05, 0) is 22.0 Å². The van der Waals surface area contributed by atoms with E-state index in [-0.39, 0.29) is 6.03 Å². The van der Waals surface area contributed by atoms with Gasteiger partial charge in [0.05, 0.1) is 27.0 Å². The molecule has 0 bridgehead atoms. The number of urea groups is 1. The number of para-hydroxylation sites is 1. The second kappa shape index (κ2) is 8.44. The van der Waals surface area contributed by atoms with Gasteiger partial charge >= 0.3 is 6.03 Å². The highest BCUT2D eigenvalue weighted by atomic mass is 79.9. The second-order valence-corrected chi connectivity index (χ2v) is 5.66. The van der Waals surface area contributed by atoms with Crippen LogP contribution in [-0.4, -0.2) is 27.4 Å². The van der Waals surface area contributed by atoms with E-state index in [1.165, 1.54) is 7.11 Å². The smallest absolute Gasteiger partial charge is 0.319 e. The molecule has 0 unspecified atom stereocenters. The number of methoxy groups -OCH3 is 3. The number of halogens is 1. The number of amides is 2. The number of carbonyl (C=O) groups excluding carboxylic acids is 1. The Bertz CT molecular complexity index is 722. The highest BCUT2D eigenvalue weighted by Crippen LogP contribution is 2.36. The third kappa shape index (κ3) is 4.32. The Hall–Kier alpha value is -2.41. The van der Waals surface area contributed by atoms with E-state index in [0.717, 1.165) is 11.3 Å². The van der Waals surface area contributed by atoms with Crippen molar-refractivity contribution in [3.05, 3.63) is 46.4 Å². The van der Waals surface area contributed by atoms with E-state index >= 15 is 0 Å². The largest absolute Gasteiger partial charge is 0.496 e. The number of nitrogens with one attached hydrogen (secondary N) is 2. The maximum atomic E-state index is 12.1. The van der Waals surface area contributed by atoms with Crippen LogP contribution >= 0.6 is 15.9 Å². The van der Waals surface area contributed by atoms with Gasteiger partial charge in [0.1, 0.15) is 5.75 Å². The fourth-order valence-electron chi connectivity index (χ4n) is 2.14. The van der Waals surface area contributed by atoms with Crippen LogP contribution in [0, 0.1) is 0 Å². The Labute approximate surface area is 149 Å². The highest BCUT2D eigenvalue weighted by molar-refractivity contribution is 9.10. The summed E-state index contributed by atoms with van der Waals surface area (Å²) in [4.78, 5) is 12.1. The quantitative estimate of drug-likeness (QED) is 0.781. The molecule has 0 aliphatic heterocycles. The summed E-state index contributed by atoms with van der Waals surface area (Å²) < 4.78 is 16.4. The molecule has 0 aliphatic carbocycles. The number of carbonyl (C=O) groups is 1. The lowest BCUT2D eigenvalue weighted by Crippen LogP contribution is -2.28. The first-order chi connectivity index (χ1) is 11.6. The van der Waals surface area contributed by atoms with Gasteiger partial charge in [-0.2, -0.15) is 0 Å². The standard InChI is InChI=1S/C17H19BrN2O4/c1-22-14-7-5-4-6-11(14)10-19-17(21)20-13-9-16(24-3)15(23-2)8-12(13)18/h4-9H,10H2,1-3H3,(H2,19,20,21). The molecule has 2 aromatic carbocycles. The van der Waals surface area contributed by atoms with Crippen LogP contribution in [-0.2, 0) is 6.54 Å². The van der Waals surface area contributed by atoms with Gasteiger partial charge < -0.3 is 24.8 Å². The van der Waals surface area contributed by atoms with Gasteiger partial charge in [0.2, 0.25) is 0 Å². The molecule has 24 heavy (non-hydrogen) atoms. The maximum Gasteiger partial charge on any atom is 0.319 e. The minimum Gasteiger partial charge on any atom is -0.496 e. The minimum absolute atomic E-state index is 0.339. The summed E-state index contributed by atoms with van der Waals surface area (Å²) in [7, 11) is 4.69. The lowest BCUT2D eigenvalue weighted by atomic mass is 10.2. The SMILES string of the molecule is COc1ccccc1CNC(=O)Nc1cc(OC)c(OC)cc1Br. The van der Waals surface area contributed by atoms with Crippen LogP contribution in [0.1, 0.15) is 5.56 Å². The fraction of sp³-hybridized carbons (Fsp3) is 0.235. The van der Waals surface area contributed by atoms with Gasteiger partial charge in [0.15, 0.2) is 11.5 Å². The van der Waals surface area contributed by atoms with Crippen LogP contribution in [0.3, 0.4) is 0 Å². The van der Waals surface area contributed by atoms with Gasteiger partial charge in [0, 0.05) is 28.7 Å². The van der Waals surface area contributed by atoms with Crippen molar-refractivity contribution in [2.45, 2.75) is 6.54 Å². The molecule has 0 spiro atoms. The van der Waals surface area contributed by atoms with Gasteiger partial charge in [0.25, 0.3) is 0 Å². The Morgan fingerprint density at radius 3 is 2.29 bits per heavy atom.